The van der Waals surface area contributed by atoms with Crippen LogP contribution in [0.4, 0.5) is 0 Å². The van der Waals surface area contributed by atoms with Crippen molar-refractivity contribution < 1.29 is 18.9 Å². The van der Waals surface area contributed by atoms with Gasteiger partial charge in [0.15, 0.2) is 17.6 Å². The molecule has 1 unspecified atom stereocenters. The molecule has 0 amide bonds. The summed E-state index contributed by atoms with van der Waals surface area (Å²) in [4.78, 5) is 4.58. The van der Waals surface area contributed by atoms with Gasteiger partial charge < -0.3 is 18.9 Å². The quantitative estimate of drug-likeness (QED) is 0.682. The van der Waals surface area contributed by atoms with Crippen molar-refractivity contribution in [2.24, 2.45) is 4.99 Å². The molecule has 0 saturated heterocycles. The summed E-state index contributed by atoms with van der Waals surface area (Å²) >= 11 is 0. The standard InChI is InChI=1S/C23H19N3O4/c1-27-19-12-15(13-20(28-2)22(19)29-3)11-18-21(17(14-25)9-10-24)30-23(26-18)16-7-5-4-6-8-16/h4-9,11-13,21H,1-3H3/b17-9-,18-11+. The van der Waals surface area contributed by atoms with Crippen LogP contribution in [0.5, 0.6) is 17.2 Å². The Kier molecular flexibility index (Phi) is 6.36. The number of ether oxygens (including phenoxy) is 4. The molecule has 1 aliphatic rings. The van der Waals surface area contributed by atoms with Gasteiger partial charge in [0.2, 0.25) is 11.6 Å². The fraction of sp³-hybridized carbons (Fsp3) is 0.174. The largest absolute Gasteiger partial charge is 0.493 e. The van der Waals surface area contributed by atoms with Gasteiger partial charge in [-0.3, -0.25) is 0 Å². The minimum Gasteiger partial charge on any atom is -0.493 e. The van der Waals surface area contributed by atoms with Gasteiger partial charge in [-0.05, 0) is 35.9 Å². The second kappa shape index (κ2) is 9.31. The average molecular weight is 401 g/mol. The number of hydrogen-bond donors (Lipinski definition) is 0. The second-order valence-electron chi connectivity index (χ2n) is 6.15. The van der Waals surface area contributed by atoms with Gasteiger partial charge in [-0.15, -0.1) is 0 Å². The van der Waals surface area contributed by atoms with Gasteiger partial charge >= 0.3 is 0 Å². The summed E-state index contributed by atoms with van der Waals surface area (Å²) in [6, 6.07) is 16.8. The molecule has 0 saturated carbocycles. The molecule has 0 bridgehead atoms. The van der Waals surface area contributed by atoms with E-state index in [0.717, 1.165) is 11.6 Å². The summed E-state index contributed by atoms with van der Waals surface area (Å²) < 4.78 is 22.1. The molecule has 0 aliphatic carbocycles. The molecular formula is C23H19N3O4. The zero-order chi connectivity index (χ0) is 21.5. The van der Waals surface area contributed by atoms with E-state index in [1.165, 1.54) is 21.3 Å². The lowest BCUT2D eigenvalue weighted by Gasteiger charge is -2.14. The molecule has 7 nitrogen and oxygen atoms in total. The highest BCUT2D eigenvalue weighted by molar-refractivity contribution is 5.97. The highest BCUT2D eigenvalue weighted by Crippen LogP contribution is 2.39. The zero-order valence-corrected chi connectivity index (χ0v) is 16.7. The Morgan fingerprint density at radius 3 is 2.23 bits per heavy atom. The Labute approximate surface area is 174 Å². The van der Waals surface area contributed by atoms with E-state index < -0.39 is 6.10 Å². The highest BCUT2D eigenvalue weighted by Gasteiger charge is 2.30. The maximum Gasteiger partial charge on any atom is 0.222 e. The lowest BCUT2D eigenvalue weighted by Crippen LogP contribution is -2.15. The molecule has 30 heavy (non-hydrogen) atoms. The molecule has 150 valence electrons. The number of rotatable bonds is 6. The van der Waals surface area contributed by atoms with Crippen molar-refractivity contribution in [2.45, 2.75) is 6.10 Å². The zero-order valence-electron chi connectivity index (χ0n) is 16.7. The first kappa shape index (κ1) is 20.5. The summed E-state index contributed by atoms with van der Waals surface area (Å²) in [6.07, 6.45) is 2.12. The third kappa shape index (κ3) is 4.11. The molecule has 0 N–H and O–H groups in total. The van der Waals surface area contributed by atoms with Crippen LogP contribution in [0.2, 0.25) is 0 Å². The number of hydrogen-bond acceptors (Lipinski definition) is 7. The first-order valence-electron chi connectivity index (χ1n) is 8.97. The Morgan fingerprint density at radius 2 is 1.70 bits per heavy atom. The van der Waals surface area contributed by atoms with Crippen molar-refractivity contribution in [2.75, 3.05) is 21.3 Å². The Bertz CT molecular complexity index is 1080. The summed E-state index contributed by atoms with van der Waals surface area (Å²) in [5, 5.41) is 18.6. The number of nitrogens with zero attached hydrogens (tertiary/aromatic N) is 3. The number of allylic oxidation sites excluding steroid dienone is 1. The van der Waals surface area contributed by atoms with Crippen molar-refractivity contribution in [3.8, 4) is 29.4 Å². The van der Waals surface area contributed by atoms with Crippen molar-refractivity contribution in [3.05, 3.63) is 70.9 Å². The molecule has 7 heteroatoms. The van der Waals surface area contributed by atoms with Crippen LogP contribution in [0.1, 0.15) is 11.1 Å². The molecule has 0 radical (unpaired) electrons. The Balaban J connectivity index is 2.12. The van der Waals surface area contributed by atoms with Gasteiger partial charge in [0, 0.05) is 11.6 Å². The van der Waals surface area contributed by atoms with Crippen LogP contribution in [0, 0.1) is 22.7 Å². The maximum atomic E-state index is 9.51. The molecule has 0 aromatic heterocycles. The third-order valence-corrected chi connectivity index (χ3v) is 4.38. The van der Waals surface area contributed by atoms with Crippen LogP contribution in [0.3, 0.4) is 0 Å². The monoisotopic (exact) mass is 401 g/mol. The lowest BCUT2D eigenvalue weighted by molar-refractivity contribution is 0.287. The molecular weight excluding hydrogens is 382 g/mol. The minimum atomic E-state index is -0.802. The molecule has 3 rings (SSSR count). The SMILES string of the molecule is COc1cc(/C=C2/N=C(c3ccccc3)OC2/C(C#N)=C\C#N)cc(OC)c1OC. The van der Waals surface area contributed by atoms with Crippen molar-refractivity contribution >= 4 is 12.0 Å². The molecule has 0 spiro atoms. The maximum absolute atomic E-state index is 9.51. The molecule has 1 heterocycles. The van der Waals surface area contributed by atoms with Crippen molar-refractivity contribution in [1.82, 2.24) is 0 Å². The van der Waals surface area contributed by atoms with Gasteiger partial charge in [0.1, 0.15) is 0 Å². The van der Waals surface area contributed by atoms with Gasteiger partial charge in [-0.1, -0.05) is 18.2 Å². The number of benzene rings is 2. The van der Waals surface area contributed by atoms with Crippen molar-refractivity contribution in [1.29, 1.82) is 10.5 Å². The van der Waals surface area contributed by atoms with E-state index in [1.54, 1.807) is 18.2 Å². The number of methoxy groups -OCH3 is 3. The van der Waals surface area contributed by atoms with Crippen LogP contribution in [-0.4, -0.2) is 33.3 Å². The third-order valence-electron chi connectivity index (χ3n) is 4.38. The molecule has 1 aliphatic heterocycles. The molecule has 0 fully saturated rings. The fourth-order valence-corrected chi connectivity index (χ4v) is 3.01. The Hall–Kier alpha value is -4.23. The van der Waals surface area contributed by atoms with Gasteiger partial charge in [0.05, 0.1) is 44.7 Å². The van der Waals surface area contributed by atoms with Crippen LogP contribution >= 0.6 is 0 Å². The van der Waals surface area contributed by atoms with Gasteiger partial charge in [-0.2, -0.15) is 10.5 Å². The van der Waals surface area contributed by atoms with Crippen LogP contribution < -0.4 is 14.2 Å². The normalized spacial score (nSPS) is 16.8. The van der Waals surface area contributed by atoms with E-state index in [4.69, 9.17) is 24.2 Å². The predicted molar refractivity (Wildman–Crippen MR) is 111 cm³/mol. The highest BCUT2D eigenvalue weighted by atomic mass is 16.5. The van der Waals surface area contributed by atoms with Crippen LogP contribution in [0.25, 0.3) is 6.08 Å². The van der Waals surface area contributed by atoms with Gasteiger partial charge in [0.25, 0.3) is 0 Å². The topological polar surface area (TPSA) is 96.9 Å². The molecule has 2 aromatic carbocycles. The van der Waals surface area contributed by atoms with E-state index in [1.807, 2.05) is 42.5 Å². The smallest absolute Gasteiger partial charge is 0.222 e. The predicted octanol–water partition coefficient (Wildman–Crippen LogP) is 3.87. The van der Waals surface area contributed by atoms with E-state index in [2.05, 4.69) is 4.99 Å². The van der Waals surface area contributed by atoms with E-state index >= 15 is 0 Å². The lowest BCUT2D eigenvalue weighted by atomic mass is 10.1. The van der Waals surface area contributed by atoms with Crippen molar-refractivity contribution in [3.63, 3.8) is 0 Å². The summed E-state index contributed by atoms with van der Waals surface area (Å²) in [5.41, 5.74) is 2.11. The van der Waals surface area contributed by atoms with E-state index in [0.29, 0.717) is 34.4 Å². The molecule has 1 atom stereocenters. The first-order valence-corrected chi connectivity index (χ1v) is 8.97. The number of aliphatic imine (C=N–C) groups is 1. The summed E-state index contributed by atoms with van der Waals surface area (Å²) in [6.45, 7) is 0. The number of nitriles is 2. The Morgan fingerprint density at radius 1 is 1.03 bits per heavy atom. The molecule has 2 aromatic rings. The van der Waals surface area contributed by atoms with E-state index in [-0.39, 0.29) is 5.57 Å². The van der Waals surface area contributed by atoms with E-state index in [9.17, 15) is 5.26 Å². The van der Waals surface area contributed by atoms with Crippen LogP contribution in [-0.2, 0) is 4.74 Å². The second-order valence-corrected chi connectivity index (χ2v) is 6.15. The first-order chi connectivity index (χ1) is 14.6. The average Bonchev–Trinajstić information content (AvgIpc) is 3.20. The summed E-state index contributed by atoms with van der Waals surface area (Å²) in [7, 11) is 4.59. The fourth-order valence-electron chi connectivity index (χ4n) is 3.01. The minimum absolute atomic E-state index is 0.158. The van der Waals surface area contributed by atoms with Gasteiger partial charge in [-0.25, -0.2) is 4.99 Å². The van der Waals surface area contributed by atoms with Crippen LogP contribution in [0.15, 0.2) is 64.8 Å². The summed E-state index contributed by atoms with van der Waals surface area (Å²) in [5.74, 6) is 1.81.